The van der Waals surface area contributed by atoms with Crippen LogP contribution in [-0.2, 0) is 23.0 Å². The summed E-state index contributed by atoms with van der Waals surface area (Å²) in [6.45, 7) is 2.00. The van der Waals surface area contributed by atoms with Crippen molar-refractivity contribution >= 4 is 5.78 Å². The highest BCUT2D eigenvalue weighted by atomic mass is 16.5. The highest BCUT2D eigenvalue weighted by molar-refractivity contribution is 5.85. The number of carbonyl (C=O) groups excluding carboxylic acids is 1. The van der Waals surface area contributed by atoms with E-state index in [9.17, 15) is 4.79 Å². The first-order chi connectivity index (χ1) is 7.25. The molecule has 2 heterocycles. The predicted molar refractivity (Wildman–Crippen MR) is 52.3 cm³/mol. The third-order valence-corrected chi connectivity index (χ3v) is 2.29. The Bertz CT molecular complexity index is 344. The predicted octanol–water partition coefficient (Wildman–Crippen LogP) is -1.08. The van der Waals surface area contributed by atoms with Crippen molar-refractivity contribution in [3.63, 3.8) is 0 Å². The molecular formula is C9H14N4O2. The number of morpholine rings is 1. The van der Waals surface area contributed by atoms with Gasteiger partial charge in [-0.3, -0.25) is 9.48 Å². The second-order valence-electron chi connectivity index (χ2n) is 3.59. The van der Waals surface area contributed by atoms with Crippen LogP contribution in [0.5, 0.6) is 0 Å². The van der Waals surface area contributed by atoms with E-state index in [2.05, 4.69) is 15.6 Å². The molecule has 1 atom stereocenters. The number of aromatic nitrogens is 3. The van der Waals surface area contributed by atoms with Crippen LogP contribution in [0.3, 0.4) is 0 Å². The lowest BCUT2D eigenvalue weighted by Crippen LogP contribution is -2.43. The van der Waals surface area contributed by atoms with Crippen LogP contribution in [-0.4, -0.2) is 46.6 Å². The van der Waals surface area contributed by atoms with Crippen molar-refractivity contribution in [2.45, 2.75) is 12.5 Å². The van der Waals surface area contributed by atoms with Crippen LogP contribution >= 0.6 is 0 Å². The summed E-state index contributed by atoms with van der Waals surface area (Å²) >= 11 is 0. The molecule has 0 bridgehead atoms. The van der Waals surface area contributed by atoms with Gasteiger partial charge in [0.2, 0.25) is 0 Å². The van der Waals surface area contributed by atoms with Gasteiger partial charge in [0.05, 0.1) is 18.7 Å². The van der Waals surface area contributed by atoms with E-state index in [1.165, 1.54) is 0 Å². The van der Waals surface area contributed by atoms with E-state index in [1.54, 1.807) is 17.9 Å². The largest absolute Gasteiger partial charge is 0.368 e. The lowest BCUT2D eigenvalue weighted by atomic mass is 10.1. The molecule has 1 N–H and O–H groups in total. The van der Waals surface area contributed by atoms with E-state index in [0.29, 0.717) is 25.3 Å². The van der Waals surface area contributed by atoms with E-state index in [1.807, 2.05) is 0 Å². The maximum absolute atomic E-state index is 11.7. The fourth-order valence-corrected chi connectivity index (χ4v) is 1.54. The van der Waals surface area contributed by atoms with Crippen molar-refractivity contribution < 1.29 is 9.53 Å². The summed E-state index contributed by atoms with van der Waals surface area (Å²) in [5.41, 5.74) is 0.691. The summed E-state index contributed by atoms with van der Waals surface area (Å²) in [4.78, 5) is 11.7. The van der Waals surface area contributed by atoms with Crippen LogP contribution in [0.4, 0.5) is 0 Å². The second-order valence-corrected chi connectivity index (χ2v) is 3.59. The Morgan fingerprint density at radius 3 is 3.27 bits per heavy atom. The van der Waals surface area contributed by atoms with E-state index >= 15 is 0 Å². The number of rotatable bonds is 3. The van der Waals surface area contributed by atoms with Gasteiger partial charge in [-0.05, 0) is 0 Å². The van der Waals surface area contributed by atoms with Crippen LogP contribution in [0, 0.1) is 0 Å². The Kier molecular flexibility index (Phi) is 3.08. The van der Waals surface area contributed by atoms with E-state index in [4.69, 9.17) is 4.74 Å². The number of aryl methyl sites for hydroxylation is 1. The fraction of sp³-hybridized carbons (Fsp3) is 0.667. The van der Waals surface area contributed by atoms with Crippen molar-refractivity contribution in [1.82, 2.24) is 20.3 Å². The number of ether oxygens (including phenoxy) is 1. The molecule has 1 aromatic rings. The summed E-state index contributed by atoms with van der Waals surface area (Å²) in [5.74, 6) is 0.0581. The molecule has 0 saturated carbocycles. The number of Topliss-reactive ketones (excluding diaryl/α,β-unsaturated/α-hetero) is 1. The number of hydrogen-bond acceptors (Lipinski definition) is 5. The molecule has 6 heteroatoms. The van der Waals surface area contributed by atoms with Crippen molar-refractivity contribution in [1.29, 1.82) is 0 Å². The Labute approximate surface area is 87.6 Å². The molecule has 82 valence electrons. The normalized spacial score (nSPS) is 21.5. The summed E-state index contributed by atoms with van der Waals surface area (Å²) in [6, 6.07) is 0. The van der Waals surface area contributed by atoms with Gasteiger partial charge in [0.25, 0.3) is 0 Å². The lowest BCUT2D eigenvalue weighted by molar-refractivity contribution is -0.131. The third kappa shape index (κ3) is 2.60. The number of nitrogens with zero attached hydrogens (tertiary/aromatic N) is 3. The molecule has 0 aliphatic carbocycles. The van der Waals surface area contributed by atoms with Crippen molar-refractivity contribution in [2.75, 3.05) is 19.7 Å². The summed E-state index contributed by atoms with van der Waals surface area (Å²) < 4.78 is 6.94. The topological polar surface area (TPSA) is 69.0 Å². The molecule has 1 aliphatic rings. The first kappa shape index (κ1) is 10.3. The van der Waals surface area contributed by atoms with Crippen molar-refractivity contribution in [2.24, 2.45) is 7.05 Å². The van der Waals surface area contributed by atoms with Crippen LogP contribution < -0.4 is 5.32 Å². The Morgan fingerprint density at radius 2 is 2.67 bits per heavy atom. The Balaban J connectivity index is 1.91. The summed E-state index contributed by atoms with van der Waals surface area (Å²) in [7, 11) is 1.78. The second kappa shape index (κ2) is 4.50. The van der Waals surface area contributed by atoms with Gasteiger partial charge in [0.1, 0.15) is 6.10 Å². The Hall–Kier alpha value is -1.27. The smallest absolute Gasteiger partial charge is 0.168 e. The number of nitrogens with one attached hydrogen (secondary N) is 1. The van der Waals surface area contributed by atoms with Crippen LogP contribution in [0.15, 0.2) is 6.20 Å². The van der Waals surface area contributed by atoms with Crippen molar-refractivity contribution in [3.05, 3.63) is 11.9 Å². The zero-order valence-electron chi connectivity index (χ0n) is 8.64. The minimum Gasteiger partial charge on any atom is -0.368 e. The quantitative estimate of drug-likeness (QED) is 0.687. The van der Waals surface area contributed by atoms with E-state index in [0.717, 1.165) is 6.54 Å². The van der Waals surface area contributed by atoms with Gasteiger partial charge in [-0.25, -0.2) is 0 Å². The van der Waals surface area contributed by atoms with Crippen LogP contribution in [0.2, 0.25) is 0 Å². The SMILES string of the molecule is Cn1cc(CC(=O)C2CNCCO2)nn1. The molecule has 0 radical (unpaired) electrons. The molecule has 1 aliphatic heterocycles. The molecule has 0 spiro atoms. The minimum absolute atomic E-state index is 0.0581. The maximum Gasteiger partial charge on any atom is 0.168 e. The molecule has 1 saturated heterocycles. The molecular weight excluding hydrogens is 196 g/mol. The van der Waals surface area contributed by atoms with Crippen LogP contribution in [0.25, 0.3) is 0 Å². The van der Waals surface area contributed by atoms with E-state index in [-0.39, 0.29) is 11.9 Å². The molecule has 2 rings (SSSR count). The molecule has 15 heavy (non-hydrogen) atoms. The monoisotopic (exact) mass is 210 g/mol. The zero-order valence-corrected chi connectivity index (χ0v) is 8.64. The van der Waals surface area contributed by atoms with Gasteiger partial charge in [-0.2, -0.15) is 0 Å². The maximum atomic E-state index is 11.7. The van der Waals surface area contributed by atoms with Gasteiger partial charge in [-0.1, -0.05) is 5.21 Å². The van der Waals surface area contributed by atoms with Crippen molar-refractivity contribution in [3.8, 4) is 0 Å². The highest BCUT2D eigenvalue weighted by Crippen LogP contribution is 2.02. The fourth-order valence-electron chi connectivity index (χ4n) is 1.54. The molecule has 1 fully saturated rings. The number of carbonyl (C=O) groups is 1. The first-order valence-electron chi connectivity index (χ1n) is 4.96. The molecule has 0 aromatic carbocycles. The average Bonchev–Trinajstić information content (AvgIpc) is 2.65. The highest BCUT2D eigenvalue weighted by Gasteiger charge is 2.22. The van der Waals surface area contributed by atoms with Gasteiger partial charge in [0, 0.05) is 26.3 Å². The molecule has 6 nitrogen and oxygen atoms in total. The zero-order chi connectivity index (χ0) is 10.7. The summed E-state index contributed by atoms with van der Waals surface area (Å²) in [6.07, 6.45) is 1.70. The first-order valence-corrected chi connectivity index (χ1v) is 4.96. The van der Waals surface area contributed by atoms with Gasteiger partial charge < -0.3 is 10.1 Å². The van der Waals surface area contributed by atoms with E-state index < -0.39 is 0 Å². The average molecular weight is 210 g/mol. The third-order valence-electron chi connectivity index (χ3n) is 2.29. The van der Waals surface area contributed by atoms with Crippen LogP contribution in [0.1, 0.15) is 5.69 Å². The van der Waals surface area contributed by atoms with Gasteiger partial charge in [0.15, 0.2) is 5.78 Å². The van der Waals surface area contributed by atoms with Gasteiger partial charge >= 0.3 is 0 Å². The lowest BCUT2D eigenvalue weighted by Gasteiger charge is -2.21. The molecule has 1 aromatic heterocycles. The minimum atomic E-state index is -0.333. The summed E-state index contributed by atoms with van der Waals surface area (Å²) in [5, 5.41) is 10.8. The standard InChI is InChI=1S/C9H14N4O2/c1-13-6-7(11-12-13)4-8(14)9-5-10-2-3-15-9/h6,9-10H,2-5H2,1H3. The molecule has 1 unspecified atom stereocenters. The van der Waals surface area contributed by atoms with Gasteiger partial charge in [-0.15, -0.1) is 5.10 Å². The Morgan fingerprint density at radius 1 is 1.80 bits per heavy atom. The molecule has 0 amide bonds. The number of ketones is 1. The number of hydrogen-bond donors (Lipinski definition) is 1.